The lowest BCUT2D eigenvalue weighted by Gasteiger charge is -2.00. The summed E-state index contributed by atoms with van der Waals surface area (Å²) in [6.07, 6.45) is 1.94. The van der Waals surface area contributed by atoms with E-state index in [0.29, 0.717) is 13.4 Å². The van der Waals surface area contributed by atoms with Gasteiger partial charge in [0.15, 0.2) is 0 Å². The third-order valence-electron chi connectivity index (χ3n) is 1.69. The summed E-state index contributed by atoms with van der Waals surface area (Å²) < 4.78 is 12.1. The van der Waals surface area contributed by atoms with Crippen LogP contribution in [0.4, 0.5) is 0 Å². The topological polar surface area (TPSA) is 36.3 Å². The summed E-state index contributed by atoms with van der Waals surface area (Å²) in [7, 11) is 1.89. The summed E-state index contributed by atoms with van der Waals surface area (Å²) in [6.45, 7) is 1.01. The predicted octanol–water partition coefficient (Wildman–Crippen LogP) is 0.466. The molecule has 1 aromatic heterocycles. The van der Waals surface area contributed by atoms with Crippen LogP contribution >= 0.6 is 0 Å². The molecule has 0 radical (unpaired) electrons. The number of rotatable bonds is 1. The lowest BCUT2D eigenvalue weighted by molar-refractivity contribution is 0.0454. The molecule has 4 nitrogen and oxygen atoms in total. The molecule has 1 aliphatic rings. The van der Waals surface area contributed by atoms with Crippen LogP contribution in [0.15, 0.2) is 12.3 Å². The molecule has 2 heterocycles. The van der Waals surface area contributed by atoms with Gasteiger partial charge in [0, 0.05) is 13.2 Å². The van der Waals surface area contributed by atoms with Crippen molar-refractivity contribution >= 4 is 0 Å². The Morgan fingerprint density at radius 1 is 1.73 bits per heavy atom. The zero-order valence-electron chi connectivity index (χ0n) is 6.36. The third-order valence-corrected chi connectivity index (χ3v) is 1.69. The summed E-state index contributed by atoms with van der Waals surface area (Å²) >= 11 is 0. The van der Waals surface area contributed by atoms with Gasteiger partial charge < -0.3 is 9.47 Å². The Hall–Kier alpha value is -0.870. The van der Waals surface area contributed by atoms with Crippen LogP contribution in [0.5, 0.6) is 0 Å². The standard InChI is InChI=1S/C7H10N2O2/c1-9-3-2-6(8-9)7-4-10-5-11-7/h2-3,7H,4-5H2,1H3. The van der Waals surface area contributed by atoms with E-state index >= 15 is 0 Å². The Bertz CT molecular complexity index is 240. The normalized spacial score (nSPS) is 24.3. The zero-order valence-corrected chi connectivity index (χ0v) is 6.36. The predicted molar refractivity (Wildman–Crippen MR) is 37.9 cm³/mol. The highest BCUT2D eigenvalue weighted by atomic mass is 16.7. The van der Waals surface area contributed by atoms with E-state index in [-0.39, 0.29) is 6.10 Å². The van der Waals surface area contributed by atoms with Crippen LogP contribution in [0.3, 0.4) is 0 Å². The largest absolute Gasteiger partial charge is 0.352 e. The smallest absolute Gasteiger partial charge is 0.147 e. The lowest BCUT2D eigenvalue weighted by Crippen LogP contribution is -2.01. The van der Waals surface area contributed by atoms with Crippen molar-refractivity contribution in [2.24, 2.45) is 7.05 Å². The van der Waals surface area contributed by atoms with Gasteiger partial charge >= 0.3 is 0 Å². The Morgan fingerprint density at radius 2 is 2.64 bits per heavy atom. The quantitative estimate of drug-likeness (QED) is 0.589. The van der Waals surface area contributed by atoms with Crippen molar-refractivity contribution in [1.82, 2.24) is 9.78 Å². The van der Waals surface area contributed by atoms with Gasteiger partial charge in [0.1, 0.15) is 12.9 Å². The Labute approximate surface area is 64.7 Å². The molecule has 1 atom stereocenters. The molecule has 2 rings (SSSR count). The summed E-state index contributed by atoms with van der Waals surface area (Å²) in [6, 6.07) is 1.94. The highest BCUT2D eigenvalue weighted by Crippen LogP contribution is 2.19. The summed E-state index contributed by atoms with van der Waals surface area (Å²) in [5, 5.41) is 4.20. The van der Waals surface area contributed by atoms with Crippen LogP contribution in [-0.4, -0.2) is 23.2 Å². The van der Waals surface area contributed by atoms with Gasteiger partial charge in [-0.05, 0) is 6.07 Å². The average Bonchev–Trinajstić information content (AvgIpc) is 2.55. The van der Waals surface area contributed by atoms with Gasteiger partial charge in [-0.1, -0.05) is 0 Å². The molecule has 0 aromatic carbocycles. The number of aromatic nitrogens is 2. The molecule has 4 heteroatoms. The van der Waals surface area contributed by atoms with Crippen LogP contribution in [0.25, 0.3) is 0 Å². The second-order valence-corrected chi connectivity index (χ2v) is 2.56. The fourth-order valence-electron chi connectivity index (χ4n) is 1.11. The first kappa shape index (κ1) is 6.82. The Balaban J connectivity index is 2.15. The van der Waals surface area contributed by atoms with Crippen LogP contribution in [0.1, 0.15) is 11.8 Å². The van der Waals surface area contributed by atoms with Crippen molar-refractivity contribution in [3.05, 3.63) is 18.0 Å². The van der Waals surface area contributed by atoms with Gasteiger partial charge in [-0.25, -0.2) is 0 Å². The van der Waals surface area contributed by atoms with Crippen molar-refractivity contribution in [1.29, 1.82) is 0 Å². The third kappa shape index (κ3) is 1.27. The minimum Gasteiger partial charge on any atom is -0.352 e. The first-order valence-electron chi connectivity index (χ1n) is 3.55. The van der Waals surface area contributed by atoms with Crippen molar-refractivity contribution in [2.45, 2.75) is 6.10 Å². The van der Waals surface area contributed by atoms with E-state index in [1.807, 2.05) is 19.3 Å². The second-order valence-electron chi connectivity index (χ2n) is 2.56. The molecule has 1 aliphatic heterocycles. The van der Waals surface area contributed by atoms with Crippen LogP contribution in [0.2, 0.25) is 0 Å². The molecule has 1 fully saturated rings. The van der Waals surface area contributed by atoms with Gasteiger partial charge in [-0.2, -0.15) is 5.10 Å². The molecule has 0 aliphatic carbocycles. The minimum atomic E-state index is 0.0381. The Morgan fingerprint density at radius 3 is 3.18 bits per heavy atom. The first-order chi connectivity index (χ1) is 5.36. The van der Waals surface area contributed by atoms with E-state index in [0.717, 1.165) is 5.69 Å². The molecule has 11 heavy (non-hydrogen) atoms. The van der Waals surface area contributed by atoms with E-state index in [1.54, 1.807) is 4.68 Å². The van der Waals surface area contributed by atoms with Crippen LogP contribution < -0.4 is 0 Å². The molecule has 1 aromatic rings. The van der Waals surface area contributed by atoms with Gasteiger partial charge in [0.25, 0.3) is 0 Å². The van der Waals surface area contributed by atoms with E-state index in [4.69, 9.17) is 9.47 Å². The summed E-state index contributed by atoms with van der Waals surface area (Å²) in [5.74, 6) is 0. The van der Waals surface area contributed by atoms with Crippen molar-refractivity contribution < 1.29 is 9.47 Å². The number of hydrogen-bond acceptors (Lipinski definition) is 3. The zero-order chi connectivity index (χ0) is 7.68. The fraction of sp³-hybridized carbons (Fsp3) is 0.571. The molecular weight excluding hydrogens is 144 g/mol. The molecule has 0 bridgehead atoms. The minimum absolute atomic E-state index is 0.0381. The maximum Gasteiger partial charge on any atom is 0.147 e. The number of ether oxygens (including phenoxy) is 2. The van der Waals surface area contributed by atoms with E-state index in [9.17, 15) is 0 Å². The van der Waals surface area contributed by atoms with Crippen molar-refractivity contribution in [3.63, 3.8) is 0 Å². The molecule has 0 spiro atoms. The molecule has 0 N–H and O–H groups in total. The second kappa shape index (κ2) is 2.64. The van der Waals surface area contributed by atoms with Crippen molar-refractivity contribution in [3.8, 4) is 0 Å². The highest BCUT2D eigenvalue weighted by Gasteiger charge is 2.19. The lowest BCUT2D eigenvalue weighted by atomic mass is 10.3. The number of aryl methyl sites for hydroxylation is 1. The van der Waals surface area contributed by atoms with Crippen LogP contribution in [0, 0.1) is 0 Å². The summed E-state index contributed by atoms with van der Waals surface area (Å²) in [4.78, 5) is 0. The molecule has 60 valence electrons. The highest BCUT2D eigenvalue weighted by molar-refractivity contribution is 5.03. The van der Waals surface area contributed by atoms with E-state index < -0.39 is 0 Å². The average molecular weight is 154 g/mol. The molecule has 1 saturated heterocycles. The van der Waals surface area contributed by atoms with Gasteiger partial charge in [-0.3, -0.25) is 4.68 Å². The van der Waals surface area contributed by atoms with Gasteiger partial charge in [0.05, 0.1) is 12.3 Å². The molecular formula is C7H10N2O2. The van der Waals surface area contributed by atoms with E-state index in [2.05, 4.69) is 5.10 Å². The summed E-state index contributed by atoms with van der Waals surface area (Å²) in [5.41, 5.74) is 0.949. The van der Waals surface area contributed by atoms with Gasteiger partial charge in [0.2, 0.25) is 0 Å². The molecule has 1 unspecified atom stereocenters. The molecule has 0 saturated carbocycles. The molecule has 0 amide bonds. The monoisotopic (exact) mass is 154 g/mol. The fourth-order valence-corrected chi connectivity index (χ4v) is 1.11. The maximum absolute atomic E-state index is 5.25. The van der Waals surface area contributed by atoms with Crippen LogP contribution in [-0.2, 0) is 16.5 Å². The Kier molecular flexibility index (Phi) is 1.63. The first-order valence-corrected chi connectivity index (χ1v) is 3.55. The number of hydrogen-bond donors (Lipinski definition) is 0. The maximum atomic E-state index is 5.25. The van der Waals surface area contributed by atoms with E-state index in [1.165, 1.54) is 0 Å². The SMILES string of the molecule is Cn1ccc(C2COCO2)n1. The number of nitrogens with zero attached hydrogens (tertiary/aromatic N) is 2. The van der Waals surface area contributed by atoms with Crippen molar-refractivity contribution in [2.75, 3.05) is 13.4 Å². The van der Waals surface area contributed by atoms with Gasteiger partial charge in [-0.15, -0.1) is 0 Å².